The standard InChI is InChI=1S/C23H34N6O2/c1-3-5-19-14-29(26-25-19)21-10-17-12-27(23(30)20-8-9-24-28(20)4-2)13-18(17)11-22(21)31-15-16-6-7-16/h8-9,14,16-18,21-22H,3-7,10-13,15H2,1-2H3/t17-,18+,21-,22-/m1/s1. The average molecular weight is 427 g/mol. The van der Waals surface area contributed by atoms with Gasteiger partial charge in [-0.2, -0.15) is 5.10 Å². The normalized spacial score (nSPS) is 28.1. The van der Waals surface area contributed by atoms with Gasteiger partial charge in [0.1, 0.15) is 5.69 Å². The highest BCUT2D eigenvalue weighted by molar-refractivity contribution is 5.92. The molecule has 0 bridgehead atoms. The summed E-state index contributed by atoms with van der Waals surface area (Å²) in [5.41, 5.74) is 1.75. The highest BCUT2D eigenvalue weighted by Crippen LogP contribution is 2.43. The van der Waals surface area contributed by atoms with Crippen LogP contribution in [0.1, 0.15) is 68.2 Å². The van der Waals surface area contributed by atoms with Crippen LogP contribution in [0.2, 0.25) is 0 Å². The molecule has 0 unspecified atom stereocenters. The zero-order valence-corrected chi connectivity index (χ0v) is 18.7. The quantitative estimate of drug-likeness (QED) is 0.648. The number of hydrogen-bond donors (Lipinski definition) is 0. The third kappa shape index (κ3) is 4.27. The van der Waals surface area contributed by atoms with Crippen molar-refractivity contribution in [2.45, 2.75) is 71.1 Å². The number of fused-ring (bicyclic) bond motifs is 1. The van der Waals surface area contributed by atoms with Gasteiger partial charge in [0.05, 0.1) is 17.8 Å². The summed E-state index contributed by atoms with van der Waals surface area (Å²) in [6.45, 7) is 7.37. The Labute approximate surface area is 183 Å². The zero-order valence-electron chi connectivity index (χ0n) is 18.7. The van der Waals surface area contributed by atoms with E-state index in [1.807, 2.05) is 17.9 Å². The van der Waals surface area contributed by atoms with Crippen LogP contribution in [-0.4, -0.2) is 61.4 Å². The van der Waals surface area contributed by atoms with E-state index in [0.29, 0.717) is 24.1 Å². The van der Waals surface area contributed by atoms with Crippen LogP contribution in [0.15, 0.2) is 18.5 Å². The van der Waals surface area contributed by atoms with E-state index in [1.54, 1.807) is 10.9 Å². The monoisotopic (exact) mass is 426 g/mol. The van der Waals surface area contributed by atoms with Crippen molar-refractivity contribution in [2.24, 2.45) is 17.8 Å². The van der Waals surface area contributed by atoms with Crippen LogP contribution in [0, 0.1) is 17.8 Å². The first-order valence-electron chi connectivity index (χ1n) is 12.0. The third-order valence-electron chi connectivity index (χ3n) is 7.25. The molecule has 1 aliphatic heterocycles. The van der Waals surface area contributed by atoms with Crippen molar-refractivity contribution >= 4 is 5.91 Å². The van der Waals surface area contributed by atoms with Crippen LogP contribution in [0.3, 0.4) is 0 Å². The van der Waals surface area contributed by atoms with Crippen LogP contribution in [0.5, 0.6) is 0 Å². The van der Waals surface area contributed by atoms with Gasteiger partial charge in [-0.25, -0.2) is 4.68 Å². The van der Waals surface area contributed by atoms with Gasteiger partial charge in [0.2, 0.25) is 0 Å². The molecule has 2 saturated carbocycles. The lowest BCUT2D eigenvalue weighted by molar-refractivity contribution is -0.0375. The second kappa shape index (κ2) is 8.73. The minimum atomic E-state index is 0.103. The molecule has 31 heavy (non-hydrogen) atoms. The van der Waals surface area contributed by atoms with E-state index in [4.69, 9.17) is 4.74 Å². The number of amides is 1. The minimum absolute atomic E-state index is 0.103. The largest absolute Gasteiger partial charge is 0.376 e. The maximum atomic E-state index is 13.2. The highest BCUT2D eigenvalue weighted by Gasteiger charge is 2.45. The smallest absolute Gasteiger partial charge is 0.272 e. The van der Waals surface area contributed by atoms with Crippen molar-refractivity contribution in [3.05, 3.63) is 29.8 Å². The molecule has 168 valence electrons. The molecule has 2 aliphatic carbocycles. The number of rotatable bonds is 8. The number of carbonyl (C=O) groups is 1. The number of likely N-dealkylation sites (tertiary alicyclic amines) is 1. The van der Waals surface area contributed by atoms with Crippen molar-refractivity contribution in [3.63, 3.8) is 0 Å². The molecule has 3 aliphatic rings. The summed E-state index contributed by atoms with van der Waals surface area (Å²) in [6.07, 6.45) is 10.6. The van der Waals surface area contributed by atoms with Gasteiger partial charge < -0.3 is 9.64 Å². The molecule has 0 aromatic carbocycles. The first-order valence-corrected chi connectivity index (χ1v) is 12.0. The van der Waals surface area contributed by atoms with Crippen LogP contribution < -0.4 is 0 Å². The second-order valence-corrected chi connectivity index (χ2v) is 9.56. The lowest BCUT2D eigenvalue weighted by Crippen LogP contribution is -2.38. The van der Waals surface area contributed by atoms with E-state index in [-0.39, 0.29) is 18.1 Å². The number of nitrogens with zero attached hydrogens (tertiary/aromatic N) is 6. The van der Waals surface area contributed by atoms with E-state index in [9.17, 15) is 4.79 Å². The van der Waals surface area contributed by atoms with Crippen molar-refractivity contribution < 1.29 is 9.53 Å². The van der Waals surface area contributed by atoms with Crippen molar-refractivity contribution in [1.82, 2.24) is 29.7 Å². The Kier molecular flexibility index (Phi) is 5.82. The molecule has 0 spiro atoms. The molecule has 0 radical (unpaired) electrons. The molecule has 8 heteroatoms. The van der Waals surface area contributed by atoms with Gasteiger partial charge in [-0.05, 0) is 62.8 Å². The van der Waals surface area contributed by atoms with Crippen LogP contribution >= 0.6 is 0 Å². The van der Waals surface area contributed by atoms with Crippen LogP contribution in [-0.2, 0) is 17.7 Å². The van der Waals surface area contributed by atoms with E-state index >= 15 is 0 Å². The Morgan fingerprint density at radius 3 is 2.74 bits per heavy atom. The lowest BCUT2D eigenvalue weighted by Gasteiger charge is -2.37. The van der Waals surface area contributed by atoms with Gasteiger partial charge in [0, 0.05) is 38.6 Å². The first kappa shape index (κ1) is 20.7. The average Bonchev–Trinajstić information content (AvgIpc) is 3.17. The van der Waals surface area contributed by atoms with Crippen molar-refractivity contribution in [1.29, 1.82) is 0 Å². The summed E-state index contributed by atoms with van der Waals surface area (Å²) in [5, 5.41) is 13.1. The summed E-state index contributed by atoms with van der Waals surface area (Å²) in [7, 11) is 0. The van der Waals surface area contributed by atoms with Crippen LogP contribution in [0.4, 0.5) is 0 Å². The maximum Gasteiger partial charge on any atom is 0.272 e. The second-order valence-electron chi connectivity index (χ2n) is 9.56. The van der Waals surface area contributed by atoms with Crippen molar-refractivity contribution in [3.8, 4) is 0 Å². The molecule has 5 rings (SSSR count). The number of hydrogen-bond acceptors (Lipinski definition) is 5. The van der Waals surface area contributed by atoms with Gasteiger partial charge >= 0.3 is 0 Å². The fourth-order valence-corrected chi connectivity index (χ4v) is 5.33. The molecule has 1 saturated heterocycles. The zero-order chi connectivity index (χ0) is 21.4. The Hall–Kier alpha value is -2.22. The minimum Gasteiger partial charge on any atom is -0.376 e. The summed E-state index contributed by atoms with van der Waals surface area (Å²) in [5.74, 6) is 1.81. The molecule has 3 fully saturated rings. The van der Waals surface area contributed by atoms with E-state index < -0.39 is 0 Å². The Bertz CT molecular complexity index is 904. The van der Waals surface area contributed by atoms with Crippen molar-refractivity contribution in [2.75, 3.05) is 19.7 Å². The predicted molar refractivity (Wildman–Crippen MR) is 116 cm³/mol. The van der Waals surface area contributed by atoms with E-state index in [2.05, 4.69) is 33.2 Å². The molecule has 2 aromatic heterocycles. The molecule has 2 aromatic rings. The number of aromatic nitrogens is 5. The summed E-state index contributed by atoms with van der Waals surface area (Å²) in [4.78, 5) is 15.2. The Morgan fingerprint density at radius 2 is 2.00 bits per heavy atom. The Balaban J connectivity index is 1.31. The fraction of sp³-hybridized carbons (Fsp3) is 0.739. The van der Waals surface area contributed by atoms with Crippen LogP contribution in [0.25, 0.3) is 0 Å². The number of aryl methyl sites for hydroxylation is 2. The molecular weight excluding hydrogens is 392 g/mol. The van der Waals surface area contributed by atoms with Gasteiger partial charge in [0.25, 0.3) is 5.91 Å². The van der Waals surface area contributed by atoms with E-state index in [1.165, 1.54) is 12.8 Å². The van der Waals surface area contributed by atoms with Gasteiger partial charge in [-0.3, -0.25) is 9.48 Å². The maximum absolute atomic E-state index is 13.2. The van der Waals surface area contributed by atoms with E-state index in [0.717, 1.165) is 57.0 Å². The topological polar surface area (TPSA) is 78.1 Å². The SMILES string of the molecule is CCCc1cn([C@@H]2C[C@@H]3CN(C(=O)c4ccnn4CC)C[C@@H]3C[C@H]2OCC2CC2)nn1. The summed E-state index contributed by atoms with van der Waals surface area (Å²) < 4.78 is 10.3. The number of ether oxygens (including phenoxy) is 1. The highest BCUT2D eigenvalue weighted by atomic mass is 16.5. The molecule has 0 N–H and O–H groups in total. The molecular formula is C23H34N6O2. The van der Waals surface area contributed by atoms with Gasteiger partial charge in [0.15, 0.2) is 0 Å². The van der Waals surface area contributed by atoms with Gasteiger partial charge in [-0.1, -0.05) is 18.6 Å². The summed E-state index contributed by atoms with van der Waals surface area (Å²) >= 11 is 0. The molecule has 8 nitrogen and oxygen atoms in total. The predicted octanol–water partition coefficient (Wildman–Crippen LogP) is 2.97. The lowest BCUT2D eigenvalue weighted by atomic mass is 9.77. The molecule has 4 atom stereocenters. The summed E-state index contributed by atoms with van der Waals surface area (Å²) in [6, 6.07) is 2.04. The molecule has 1 amide bonds. The third-order valence-corrected chi connectivity index (χ3v) is 7.25. The fourth-order valence-electron chi connectivity index (χ4n) is 5.33. The van der Waals surface area contributed by atoms with Gasteiger partial charge in [-0.15, -0.1) is 5.10 Å². The molecule has 3 heterocycles. The number of carbonyl (C=O) groups excluding carboxylic acids is 1. The first-order chi connectivity index (χ1) is 15.2. The Morgan fingerprint density at radius 1 is 1.19 bits per heavy atom.